The number of nitrogens with one attached hydrogen (secondary N) is 2. The van der Waals surface area contributed by atoms with E-state index in [2.05, 4.69) is 25.8 Å². The van der Waals surface area contributed by atoms with Gasteiger partial charge in [0.05, 0.1) is 17.5 Å². The Morgan fingerprint density at radius 3 is 2.67 bits per heavy atom. The Balaban J connectivity index is 1.57. The maximum absolute atomic E-state index is 12.5. The zero-order valence-electron chi connectivity index (χ0n) is 17.5. The van der Waals surface area contributed by atoms with E-state index in [1.54, 1.807) is 17.6 Å². The monoisotopic (exact) mass is 444 g/mol. The molecule has 1 atom stereocenters. The number of carbonyl (C=O) groups excluding carboxylic acids is 2. The highest BCUT2D eigenvalue weighted by molar-refractivity contribution is 8.00. The van der Waals surface area contributed by atoms with Crippen LogP contribution in [0.25, 0.3) is 0 Å². The summed E-state index contributed by atoms with van der Waals surface area (Å²) in [6, 6.07) is 7.39. The minimum atomic E-state index is -0.382. The average molecular weight is 445 g/mol. The molecule has 2 amide bonds. The molecule has 0 saturated carbocycles. The number of aromatic nitrogens is 4. The predicted octanol–water partition coefficient (Wildman–Crippen LogP) is 3.25. The lowest BCUT2D eigenvalue weighted by Crippen LogP contribution is -2.25. The van der Waals surface area contributed by atoms with Gasteiger partial charge < -0.3 is 15.2 Å². The van der Waals surface area contributed by atoms with E-state index in [1.165, 1.54) is 23.1 Å². The van der Waals surface area contributed by atoms with Crippen molar-refractivity contribution in [2.45, 2.75) is 44.6 Å². The fraction of sp³-hybridized carbons (Fsp3) is 0.350. The normalized spacial score (nSPS) is 11.9. The van der Waals surface area contributed by atoms with Crippen LogP contribution in [0.15, 0.2) is 29.4 Å². The van der Waals surface area contributed by atoms with Crippen molar-refractivity contribution >= 4 is 40.0 Å². The molecule has 1 aromatic carbocycles. The van der Waals surface area contributed by atoms with Crippen molar-refractivity contribution < 1.29 is 9.59 Å². The van der Waals surface area contributed by atoms with Crippen LogP contribution in [0.1, 0.15) is 39.2 Å². The Kier molecular flexibility index (Phi) is 6.88. The molecule has 3 rings (SSSR count). The molecule has 0 fully saturated rings. The first kappa shape index (κ1) is 22.0. The molecule has 2 aromatic heterocycles. The number of carbonyl (C=O) groups is 2. The van der Waals surface area contributed by atoms with Gasteiger partial charge in [0, 0.05) is 17.5 Å². The molecule has 3 aromatic rings. The lowest BCUT2D eigenvalue weighted by Gasteiger charge is -2.10. The second-order valence-corrected chi connectivity index (χ2v) is 9.43. The van der Waals surface area contributed by atoms with Crippen molar-refractivity contribution in [2.24, 2.45) is 7.05 Å². The van der Waals surface area contributed by atoms with E-state index in [1.807, 2.05) is 46.0 Å². The number of nitrogens with zero attached hydrogens (tertiary/aromatic N) is 4. The molecular weight excluding hydrogens is 420 g/mol. The summed E-state index contributed by atoms with van der Waals surface area (Å²) < 4.78 is 1.78. The average Bonchev–Trinajstić information content (AvgIpc) is 3.21. The Labute approximate surface area is 183 Å². The number of thioether (sulfide) groups is 1. The van der Waals surface area contributed by atoms with E-state index < -0.39 is 0 Å². The Morgan fingerprint density at radius 2 is 2.00 bits per heavy atom. The van der Waals surface area contributed by atoms with E-state index in [4.69, 9.17) is 0 Å². The first-order chi connectivity index (χ1) is 14.2. The minimum absolute atomic E-state index is 0.147. The first-order valence-electron chi connectivity index (χ1n) is 9.39. The summed E-state index contributed by atoms with van der Waals surface area (Å²) in [5.41, 5.74) is 2.54. The lowest BCUT2D eigenvalue weighted by atomic mass is 10.1. The molecule has 30 heavy (non-hydrogen) atoms. The van der Waals surface area contributed by atoms with Crippen molar-refractivity contribution in [3.05, 3.63) is 51.8 Å². The lowest BCUT2D eigenvalue weighted by molar-refractivity contribution is -0.115. The maximum Gasteiger partial charge on any atom is 0.251 e. The van der Waals surface area contributed by atoms with E-state index in [-0.39, 0.29) is 23.6 Å². The molecule has 0 saturated heterocycles. The SMILES string of the molecule is Cc1cccc(C(=O)NCc2nnc(S[C@@H](C)C(=O)Nc3nc(C)c(C)s3)n2C)c1. The second-order valence-electron chi connectivity index (χ2n) is 6.92. The van der Waals surface area contributed by atoms with Gasteiger partial charge in [-0.15, -0.1) is 21.5 Å². The summed E-state index contributed by atoms with van der Waals surface area (Å²) >= 11 is 2.76. The molecule has 0 radical (unpaired) electrons. The maximum atomic E-state index is 12.5. The summed E-state index contributed by atoms with van der Waals surface area (Å²) in [4.78, 5) is 30.2. The van der Waals surface area contributed by atoms with E-state index in [0.717, 1.165) is 16.1 Å². The molecule has 0 bridgehead atoms. The second kappa shape index (κ2) is 9.40. The van der Waals surface area contributed by atoms with Gasteiger partial charge in [0.1, 0.15) is 0 Å². The van der Waals surface area contributed by atoms with Gasteiger partial charge in [0.15, 0.2) is 16.1 Å². The standard InChI is InChI=1S/C20H24N6O2S2/c1-11-7-6-8-15(9-11)18(28)21-10-16-24-25-20(26(16)5)30-14(4)17(27)23-19-22-12(2)13(3)29-19/h6-9,14H,10H2,1-5H3,(H,21,28)(H,22,23,27)/t14-/m0/s1. The minimum Gasteiger partial charge on any atom is -0.345 e. The quantitative estimate of drug-likeness (QED) is 0.543. The number of amides is 2. The van der Waals surface area contributed by atoms with E-state index in [9.17, 15) is 9.59 Å². The van der Waals surface area contributed by atoms with Gasteiger partial charge >= 0.3 is 0 Å². The Morgan fingerprint density at radius 1 is 1.23 bits per heavy atom. The number of rotatable bonds is 7. The summed E-state index contributed by atoms with van der Waals surface area (Å²) in [5, 5.41) is 14.8. The van der Waals surface area contributed by atoms with Gasteiger partial charge in [-0.25, -0.2) is 4.98 Å². The number of thiazole rings is 1. The number of aryl methyl sites for hydroxylation is 3. The molecule has 2 heterocycles. The topological polar surface area (TPSA) is 102 Å². The first-order valence-corrected chi connectivity index (χ1v) is 11.1. The van der Waals surface area contributed by atoms with Crippen LogP contribution in [0.3, 0.4) is 0 Å². The van der Waals surface area contributed by atoms with Gasteiger partial charge in [0.25, 0.3) is 5.91 Å². The largest absolute Gasteiger partial charge is 0.345 e. The molecule has 0 aliphatic rings. The van der Waals surface area contributed by atoms with Gasteiger partial charge in [-0.3, -0.25) is 9.59 Å². The van der Waals surface area contributed by atoms with E-state index >= 15 is 0 Å². The van der Waals surface area contributed by atoms with Gasteiger partial charge in [-0.2, -0.15) is 0 Å². The van der Waals surface area contributed by atoms with Crippen LogP contribution in [0.5, 0.6) is 0 Å². The van der Waals surface area contributed by atoms with Crippen LogP contribution >= 0.6 is 23.1 Å². The Bertz CT molecular complexity index is 1060. The van der Waals surface area contributed by atoms with Gasteiger partial charge in [-0.1, -0.05) is 29.5 Å². The summed E-state index contributed by atoms with van der Waals surface area (Å²) in [6.45, 7) is 7.88. The van der Waals surface area contributed by atoms with Crippen molar-refractivity contribution in [2.75, 3.05) is 5.32 Å². The van der Waals surface area contributed by atoms with Crippen molar-refractivity contribution in [1.29, 1.82) is 0 Å². The molecule has 0 aliphatic heterocycles. The van der Waals surface area contributed by atoms with E-state index in [0.29, 0.717) is 21.7 Å². The Hall–Kier alpha value is -2.72. The van der Waals surface area contributed by atoms with Crippen LogP contribution in [0, 0.1) is 20.8 Å². The summed E-state index contributed by atoms with van der Waals surface area (Å²) in [7, 11) is 1.81. The fourth-order valence-corrected chi connectivity index (χ4v) is 4.25. The molecule has 0 aliphatic carbocycles. The fourth-order valence-electron chi connectivity index (χ4n) is 2.59. The summed E-state index contributed by atoms with van der Waals surface area (Å²) in [5.74, 6) is 0.293. The molecule has 8 nitrogen and oxygen atoms in total. The van der Waals surface area contributed by atoms with Crippen LogP contribution in [0.2, 0.25) is 0 Å². The molecule has 10 heteroatoms. The van der Waals surface area contributed by atoms with Gasteiger partial charge in [-0.05, 0) is 39.8 Å². The van der Waals surface area contributed by atoms with Crippen LogP contribution in [0.4, 0.5) is 5.13 Å². The highest BCUT2D eigenvalue weighted by Crippen LogP contribution is 2.25. The zero-order chi connectivity index (χ0) is 21.8. The van der Waals surface area contributed by atoms with Crippen LogP contribution in [-0.4, -0.2) is 36.8 Å². The predicted molar refractivity (Wildman–Crippen MR) is 119 cm³/mol. The number of benzene rings is 1. The third-order valence-corrected chi connectivity index (χ3v) is 6.64. The molecule has 0 spiro atoms. The third-order valence-electron chi connectivity index (χ3n) is 4.52. The molecule has 158 valence electrons. The smallest absolute Gasteiger partial charge is 0.251 e. The van der Waals surface area contributed by atoms with Crippen LogP contribution in [-0.2, 0) is 18.4 Å². The van der Waals surface area contributed by atoms with Crippen LogP contribution < -0.4 is 10.6 Å². The number of hydrogen-bond donors (Lipinski definition) is 2. The van der Waals surface area contributed by atoms with Gasteiger partial charge in [0.2, 0.25) is 5.91 Å². The zero-order valence-corrected chi connectivity index (χ0v) is 19.1. The molecular formula is C20H24N6O2S2. The summed E-state index contributed by atoms with van der Waals surface area (Å²) in [6.07, 6.45) is 0. The van der Waals surface area contributed by atoms with Crippen molar-refractivity contribution in [3.63, 3.8) is 0 Å². The molecule has 2 N–H and O–H groups in total. The molecule has 0 unspecified atom stereocenters. The number of anilines is 1. The van der Waals surface area contributed by atoms with Crippen molar-refractivity contribution in [1.82, 2.24) is 25.1 Å². The highest BCUT2D eigenvalue weighted by atomic mass is 32.2. The highest BCUT2D eigenvalue weighted by Gasteiger charge is 2.20. The third kappa shape index (κ3) is 5.25. The van der Waals surface area contributed by atoms with Crippen molar-refractivity contribution in [3.8, 4) is 0 Å². The number of hydrogen-bond acceptors (Lipinski definition) is 7.